The molecule has 0 radical (unpaired) electrons. The van der Waals surface area contributed by atoms with Crippen LogP contribution in [-0.4, -0.2) is 24.5 Å². The predicted molar refractivity (Wildman–Crippen MR) is 48.0 cm³/mol. The van der Waals surface area contributed by atoms with Crippen molar-refractivity contribution in [2.45, 2.75) is 25.2 Å². The van der Waals surface area contributed by atoms with Gasteiger partial charge >= 0.3 is 76.6 Å². The monoisotopic (exact) mass is 230 g/mol. The van der Waals surface area contributed by atoms with E-state index in [4.69, 9.17) is 0 Å². The normalized spacial score (nSPS) is 15.8. The van der Waals surface area contributed by atoms with E-state index in [0.29, 0.717) is 15.0 Å². The molecule has 12 heavy (non-hydrogen) atoms. The molecular weight excluding hydrogens is 219 g/mol. The zero-order chi connectivity index (χ0) is 8.55. The van der Waals surface area contributed by atoms with Crippen molar-refractivity contribution in [1.82, 2.24) is 9.55 Å². The molecule has 0 saturated carbocycles. The van der Waals surface area contributed by atoms with Crippen molar-refractivity contribution in [2.24, 2.45) is 0 Å². The summed E-state index contributed by atoms with van der Waals surface area (Å²) in [6.07, 6.45) is 1.14. The summed E-state index contributed by atoms with van der Waals surface area (Å²) in [5.74, 6) is 0. The molecule has 0 aliphatic carbocycles. The minimum atomic E-state index is 0.124. The Morgan fingerprint density at radius 1 is 1.67 bits per heavy atom. The second-order valence-corrected chi connectivity index (χ2v) is 5.10. The maximum absolute atomic E-state index is 11.4. The fourth-order valence-corrected chi connectivity index (χ4v) is 3.40. The van der Waals surface area contributed by atoms with E-state index in [1.165, 1.54) is 5.32 Å². The molecule has 2 heterocycles. The molecule has 0 N–H and O–H groups in total. The van der Waals surface area contributed by atoms with Crippen molar-refractivity contribution >= 4 is 19.7 Å². The van der Waals surface area contributed by atoms with Gasteiger partial charge in [-0.2, -0.15) is 0 Å². The number of rotatable bonds is 0. The zero-order valence-electron chi connectivity index (χ0n) is 6.91. The Labute approximate surface area is 77.0 Å². The summed E-state index contributed by atoms with van der Waals surface area (Å²) < 4.78 is 2.84. The number of hydrogen-bond acceptors (Lipinski definition) is 2. The van der Waals surface area contributed by atoms with Crippen LogP contribution >= 0.6 is 0 Å². The molecule has 0 spiro atoms. The summed E-state index contributed by atoms with van der Waals surface area (Å²) in [4.78, 5) is 15.8. The summed E-state index contributed by atoms with van der Waals surface area (Å²) in [5, 5.41) is 1.23. The van der Waals surface area contributed by atoms with E-state index < -0.39 is 0 Å². The minimum absolute atomic E-state index is 0.124. The second kappa shape index (κ2) is 3.03. The van der Waals surface area contributed by atoms with Crippen LogP contribution in [0, 0.1) is 6.92 Å². The average molecular weight is 229 g/mol. The standard InChI is InChI=1S/C8H10N2OSe/c1-6-5-7(11)10-3-2-4-12-8(10)9-6/h5H,2-4H2,1H3. The molecule has 2 rings (SSSR count). The Hall–Kier alpha value is -0.601. The average Bonchev–Trinajstić information content (AvgIpc) is 2.04. The molecule has 0 fully saturated rings. The maximum atomic E-state index is 11.4. The first-order valence-corrected chi connectivity index (χ1v) is 6.05. The first-order valence-electron chi connectivity index (χ1n) is 3.98. The van der Waals surface area contributed by atoms with Crippen molar-refractivity contribution in [1.29, 1.82) is 0 Å². The molecule has 0 unspecified atom stereocenters. The van der Waals surface area contributed by atoms with Crippen LogP contribution in [0.2, 0.25) is 5.32 Å². The van der Waals surface area contributed by atoms with Crippen molar-refractivity contribution < 1.29 is 0 Å². The van der Waals surface area contributed by atoms with Crippen LogP contribution in [0.4, 0.5) is 0 Å². The van der Waals surface area contributed by atoms with Gasteiger partial charge in [-0.25, -0.2) is 0 Å². The van der Waals surface area contributed by atoms with Gasteiger partial charge in [0.1, 0.15) is 0 Å². The van der Waals surface area contributed by atoms with Crippen LogP contribution in [0.25, 0.3) is 0 Å². The fourth-order valence-electron chi connectivity index (χ4n) is 1.30. The van der Waals surface area contributed by atoms with Gasteiger partial charge in [-0.15, -0.1) is 0 Å². The molecule has 1 aliphatic rings. The Balaban J connectivity index is 2.60. The molecule has 1 aromatic heterocycles. The van der Waals surface area contributed by atoms with E-state index in [0.717, 1.165) is 23.4 Å². The molecule has 1 aliphatic heterocycles. The number of aromatic nitrogens is 2. The zero-order valence-corrected chi connectivity index (χ0v) is 8.62. The SMILES string of the molecule is Cc1cc(=O)n2c(n1)[Se]CCC2. The summed E-state index contributed by atoms with van der Waals surface area (Å²) in [7, 11) is 0. The van der Waals surface area contributed by atoms with Crippen LogP contribution in [-0.2, 0) is 6.54 Å². The van der Waals surface area contributed by atoms with E-state index in [1.807, 2.05) is 11.5 Å². The third-order valence-corrected chi connectivity index (χ3v) is 4.09. The van der Waals surface area contributed by atoms with Gasteiger partial charge in [0.15, 0.2) is 0 Å². The van der Waals surface area contributed by atoms with Crippen molar-refractivity contribution in [3.05, 3.63) is 22.1 Å². The van der Waals surface area contributed by atoms with Crippen LogP contribution < -0.4 is 10.3 Å². The molecule has 3 nitrogen and oxygen atoms in total. The molecule has 64 valence electrons. The Kier molecular flexibility index (Phi) is 2.03. The van der Waals surface area contributed by atoms with Gasteiger partial charge in [-0.1, -0.05) is 0 Å². The Morgan fingerprint density at radius 2 is 2.50 bits per heavy atom. The van der Waals surface area contributed by atoms with Crippen molar-refractivity contribution in [3.63, 3.8) is 0 Å². The van der Waals surface area contributed by atoms with Gasteiger partial charge in [0.2, 0.25) is 0 Å². The molecule has 0 amide bonds. The van der Waals surface area contributed by atoms with Crippen LogP contribution in [0.15, 0.2) is 10.9 Å². The first-order chi connectivity index (χ1) is 5.77. The van der Waals surface area contributed by atoms with E-state index in [1.54, 1.807) is 6.07 Å². The van der Waals surface area contributed by atoms with Crippen LogP contribution in [0.5, 0.6) is 0 Å². The molecule has 1 aromatic rings. The van der Waals surface area contributed by atoms with Gasteiger partial charge in [0.05, 0.1) is 0 Å². The van der Waals surface area contributed by atoms with Gasteiger partial charge in [0.25, 0.3) is 0 Å². The number of nitrogens with zero attached hydrogens (tertiary/aromatic N) is 2. The third kappa shape index (κ3) is 1.32. The molecule has 4 heteroatoms. The van der Waals surface area contributed by atoms with E-state index in [2.05, 4.69) is 4.98 Å². The summed E-state index contributed by atoms with van der Waals surface area (Å²) in [6.45, 7) is 2.75. The molecule has 0 aromatic carbocycles. The van der Waals surface area contributed by atoms with Gasteiger partial charge < -0.3 is 0 Å². The first kappa shape index (κ1) is 8.02. The van der Waals surface area contributed by atoms with E-state index >= 15 is 0 Å². The van der Waals surface area contributed by atoms with Gasteiger partial charge in [-0.05, 0) is 0 Å². The van der Waals surface area contributed by atoms with Crippen LogP contribution in [0.1, 0.15) is 12.1 Å². The van der Waals surface area contributed by atoms with Crippen LogP contribution in [0.3, 0.4) is 0 Å². The van der Waals surface area contributed by atoms with Gasteiger partial charge in [0, 0.05) is 0 Å². The Morgan fingerprint density at radius 3 is 3.33 bits per heavy atom. The summed E-state index contributed by atoms with van der Waals surface area (Å²) in [6, 6.07) is 1.62. The molecule has 0 atom stereocenters. The van der Waals surface area contributed by atoms with Gasteiger partial charge in [-0.3, -0.25) is 0 Å². The predicted octanol–water partition coefficient (Wildman–Crippen LogP) is -0.297. The summed E-state index contributed by atoms with van der Waals surface area (Å²) in [5.41, 5.74) is 0.981. The molecule has 0 saturated heterocycles. The number of hydrogen-bond donors (Lipinski definition) is 0. The molecular formula is C8H10N2OSe. The number of fused-ring (bicyclic) bond motifs is 1. The van der Waals surface area contributed by atoms with Crippen molar-refractivity contribution in [3.8, 4) is 0 Å². The second-order valence-electron chi connectivity index (χ2n) is 2.87. The summed E-state index contributed by atoms with van der Waals surface area (Å²) >= 11 is 0.420. The van der Waals surface area contributed by atoms with E-state index in [9.17, 15) is 4.79 Å². The van der Waals surface area contributed by atoms with Crippen molar-refractivity contribution in [2.75, 3.05) is 0 Å². The Bertz CT molecular complexity index is 359. The third-order valence-electron chi connectivity index (χ3n) is 1.86. The topological polar surface area (TPSA) is 34.9 Å². The fraction of sp³-hybridized carbons (Fsp3) is 0.500. The quantitative estimate of drug-likeness (QED) is 0.573. The molecule has 0 bridgehead atoms. The number of aryl methyl sites for hydroxylation is 1. The van der Waals surface area contributed by atoms with E-state index in [-0.39, 0.29) is 5.56 Å².